The van der Waals surface area contributed by atoms with Crippen molar-refractivity contribution in [3.8, 4) is 0 Å². The first-order valence-corrected chi connectivity index (χ1v) is 9.05. The Morgan fingerprint density at radius 2 is 1.85 bits per heavy atom. The fourth-order valence-corrected chi connectivity index (χ4v) is 3.55. The number of ketones is 1. The highest BCUT2D eigenvalue weighted by molar-refractivity contribution is 5.98. The maximum absolute atomic E-state index is 13.6. The van der Waals surface area contributed by atoms with Crippen LogP contribution in [0.1, 0.15) is 58.4 Å². The maximum atomic E-state index is 13.6. The number of carbonyl (C=O) groups excluding carboxylic acids is 2. The molecule has 2 aromatic rings. The van der Waals surface area contributed by atoms with E-state index in [2.05, 4.69) is 0 Å². The molecule has 1 aliphatic rings. The van der Waals surface area contributed by atoms with Gasteiger partial charge in [0.1, 0.15) is 5.82 Å². The number of hydrogen-bond donors (Lipinski definition) is 0. The normalized spacial score (nSPS) is 16.3. The minimum Gasteiger partial charge on any atom is -0.336 e. The Kier molecular flexibility index (Phi) is 5.21. The lowest BCUT2D eigenvalue weighted by atomic mass is 9.93. The standard InChI is InChI=1S/C22H24FNO2/c1-14-4-5-18(12-15(14)2)21(25)8-9-22(26)24-11-10-17-6-7-19(23)13-20(17)16(24)3/h4-7,12-13,16H,8-11H2,1-3H3. The summed E-state index contributed by atoms with van der Waals surface area (Å²) in [6.45, 7) is 6.51. The summed E-state index contributed by atoms with van der Waals surface area (Å²) in [5, 5.41) is 0. The first kappa shape index (κ1) is 18.3. The van der Waals surface area contributed by atoms with Crippen LogP contribution in [0.3, 0.4) is 0 Å². The van der Waals surface area contributed by atoms with Crippen LogP contribution < -0.4 is 0 Å². The quantitative estimate of drug-likeness (QED) is 0.756. The lowest BCUT2D eigenvalue weighted by molar-refractivity contribution is -0.133. The number of halogens is 1. The van der Waals surface area contributed by atoms with E-state index in [4.69, 9.17) is 0 Å². The van der Waals surface area contributed by atoms with Gasteiger partial charge in [0.05, 0.1) is 6.04 Å². The van der Waals surface area contributed by atoms with Crippen LogP contribution in [0.15, 0.2) is 36.4 Å². The number of hydrogen-bond acceptors (Lipinski definition) is 2. The number of amides is 1. The Morgan fingerprint density at radius 3 is 2.58 bits per heavy atom. The van der Waals surface area contributed by atoms with Gasteiger partial charge in [-0.05, 0) is 67.6 Å². The first-order valence-electron chi connectivity index (χ1n) is 9.05. The molecule has 0 spiro atoms. The molecule has 1 aliphatic heterocycles. The first-order chi connectivity index (χ1) is 12.4. The lowest BCUT2D eigenvalue weighted by Crippen LogP contribution is -2.39. The van der Waals surface area contributed by atoms with Crippen LogP contribution in [0.25, 0.3) is 0 Å². The molecule has 0 saturated heterocycles. The molecule has 136 valence electrons. The van der Waals surface area contributed by atoms with Crippen LogP contribution in [-0.2, 0) is 11.2 Å². The van der Waals surface area contributed by atoms with E-state index in [0.717, 1.165) is 28.7 Å². The van der Waals surface area contributed by atoms with Gasteiger partial charge >= 0.3 is 0 Å². The van der Waals surface area contributed by atoms with Gasteiger partial charge < -0.3 is 4.90 Å². The zero-order chi connectivity index (χ0) is 18.8. The zero-order valence-corrected chi connectivity index (χ0v) is 15.5. The maximum Gasteiger partial charge on any atom is 0.223 e. The van der Waals surface area contributed by atoms with Crippen molar-refractivity contribution in [1.82, 2.24) is 4.90 Å². The molecule has 0 N–H and O–H groups in total. The van der Waals surface area contributed by atoms with E-state index in [1.54, 1.807) is 11.0 Å². The van der Waals surface area contributed by atoms with Crippen molar-refractivity contribution in [1.29, 1.82) is 0 Å². The number of rotatable bonds is 4. The molecular formula is C22H24FNO2. The second-order valence-electron chi connectivity index (χ2n) is 7.08. The molecule has 0 aliphatic carbocycles. The molecule has 0 radical (unpaired) electrons. The molecule has 1 atom stereocenters. The monoisotopic (exact) mass is 353 g/mol. The van der Waals surface area contributed by atoms with Gasteiger partial charge in [-0.15, -0.1) is 0 Å². The van der Waals surface area contributed by atoms with Crippen LogP contribution >= 0.6 is 0 Å². The molecule has 0 bridgehead atoms. The van der Waals surface area contributed by atoms with Crippen molar-refractivity contribution in [3.05, 3.63) is 70.0 Å². The topological polar surface area (TPSA) is 37.4 Å². The average Bonchev–Trinajstić information content (AvgIpc) is 2.62. The van der Waals surface area contributed by atoms with Gasteiger partial charge in [0.15, 0.2) is 5.78 Å². The molecular weight excluding hydrogens is 329 g/mol. The molecule has 1 unspecified atom stereocenters. The van der Waals surface area contributed by atoms with Gasteiger partial charge in [0.2, 0.25) is 5.91 Å². The fourth-order valence-electron chi connectivity index (χ4n) is 3.55. The van der Waals surface area contributed by atoms with Crippen molar-refractivity contribution in [2.24, 2.45) is 0 Å². The van der Waals surface area contributed by atoms with Crippen molar-refractivity contribution >= 4 is 11.7 Å². The molecule has 1 amide bonds. The Hall–Kier alpha value is -2.49. The number of nitrogens with zero attached hydrogens (tertiary/aromatic N) is 1. The molecule has 2 aromatic carbocycles. The van der Waals surface area contributed by atoms with Crippen molar-refractivity contribution in [2.75, 3.05) is 6.54 Å². The second-order valence-corrected chi connectivity index (χ2v) is 7.08. The second kappa shape index (κ2) is 7.40. The van der Waals surface area contributed by atoms with Crippen LogP contribution in [0.2, 0.25) is 0 Å². The summed E-state index contributed by atoms with van der Waals surface area (Å²) in [5.41, 5.74) is 4.83. The smallest absolute Gasteiger partial charge is 0.223 e. The number of fused-ring (bicyclic) bond motifs is 1. The molecule has 0 saturated carbocycles. The summed E-state index contributed by atoms with van der Waals surface area (Å²) in [4.78, 5) is 26.8. The molecule has 3 rings (SSSR count). The van der Waals surface area contributed by atoms with E-state index >= 15 is 0 Å². The molecule has 1 heterocycles. The molecule has 4 heteroatoms. The van der Waals surface area contributed by atoms with Crippen LogP contribution in [0.5, 0.6) is 0 Å². The number of aryl methyl sites for hydroxylation is 2. The van der Waals surface area contributed by atoms with Crippen molar-refractivity contribution in [3.63, 3.8) is 0 Å². The predicted octanol–water partition coefficient (Wildman–Crippen LogP) is 4.55. The summed E-state index contributed by atoms with van der Waals surface area (Å²) in [6.07, 6.45) is 1.10. The zero-order valence-electron chi connectivity index (χ0n) is 15.5. The van der Waals surface area contributed by atoms with E-state index in [1.807, 2.05) is 39.0 Å². The van der Waals surface area contributed by atoms with E-state index in [0.29, 0.717) is 12.1 Å². The highest BCUT2D eigenvalue weighted by Crippen LogP contribution is 2.30. The summed E-state index contributed by atoms with van der Waals surface area (Å²) >= 11 is 0. The summed E-state index contributed by atoms with van der Waals surface area (Å²) in [6, 6.07) is 10.2. The molecule has 0 fully saturated rings. The van der Waals surface area contributed by atoms with E-state index in [9.17, 15) is 14.0 Å². The molecule has 3 nitrogen and oxygen atoms in total. The minimum absolute atomic E-state index is 0.0162. The third kappa shape index (κ3) is 3.69. The summed E-state index contributed by atoms with van der Waals surface area (Å²) in [5.74, 6) is -0.350. The highest BCUT2D eigenvalue weighted by atomic mass is 19.1. The molecule has 0 aromatic heterocycles. The summed E-state index contributed by atoms with van der Waals surface area (Å²) in [7, 11) is 0. The Bertz CT molecular complexity index is 859. The summed E-state index contributed by atoms with van der Waals surface area (Å²) < 4.78 is 13.6. The van der Waals surface area contributed by atoms with Crippen LogP contribution in [-0.4, -0.2) is 23.1 Å². The van der Waals surface area contributed by atoms with Gasteiger partial charge in [0.25, 0.3) is 0 Å². The molecule has 26 heavy (non-hydrogen) atoms. The van der Waals surface area contributed by atoms with Crippen molar-refractivity contribution in [2.45, 2.75) is 46.1 Å². The van der Waals surface area contributed by atoms with Crippen molar-refractivity contribution < 1.29 is 14.0 Å². The van der Waals surface area contributed by atoms with Gasteiger partial charge in [-0.25, -0.2) is 4.39 Å². The van der Waals surface area contributed by atoms with Gasteiger partial charge in [-0.2, -0.15) is 0 Å². The van der Waals surface area contributed by atoms with E-state index < -0.39 is 0 Å². The Morgan fingerprint density at radius 1 is 1.08 bits per heavy atom. The fraction of sp³-hybridized carbons (Fsp3) is 0.364. The number of carbonyl (C=O) groups is 2. The minimum atomic E-state index is -0.283. The third-order valence-electron chi connectivity index (χ3n) is 5.36. The Balaban J connectivity index is 1.65. The van der Waals surface area contributed by atoms with Gasteiger partial charge in [0, 0.05) is 24.9 Å². The Labute approximate surface area is 153 Å². The number of Topliss-reactive ketones (excluding diaryl/α,β-unsaturated/α-hetero) is 1. The van der Waals surface area contributed by atoms with Crippen LogP contribution in [0.4, 0.5) is 4.39 Å². The number of benzene rings is 2. The van der Waals surface area contributed by atoms with E-state index in [1.165, 1.54) is 12.1 Å². The van der Waals surface area contributed by atoms with Gasteiger partial charge in [-0.3, -0.25) is 9.59 Å². The SMILES string of the molecule is Cc1ccc(C(=O)CCC(=O)N2CCc3ccc(F)cc3C2C)cc1C. The average molecular weight is 353 g/mol. The van der Waals surface area contributed by atoms with E-state index in [-0.39, 0.29) is 36.4 Å². The predicted molar refractivity (Wildman–Crippen MR) is 99.7 cm³/mol. The third-order valence-corrected chi connectivity index (χ3v) is 5.36. The van der Waals surface area contributed by atoms with Gasteiger partial charge in [-0.1, -0.05) is 18.2 Å². The van der Waals surface area contributed by atoms with Crippen LogP contribution in [0, 0.1) is 19.7 Å². The largest absolute Gasteiger partial charge is 0.336 e. The lowest BCUT2D eigenvalue weighted by Gasteiger charge is -2.35. The highest BCUT2D eigenvalue weighted by Gasteiger charge is 2.28.